The summed E-state index contributed by atoms with van der Waals surface area (Å²) in [6.07, 6.45) is 1.49. The number of thiophene rings is 1. The van der Waals surface area contributed by atoms with Crippen molar-refractivity contribution in [1.82, 2.24) is 9.97 Å². The molecular formula is C11H13N3OS. The number of hydrogen-bond acceptors (Lipinski definition) is 5. The Morgan fingerprint density at radius 3 is 3.00 bits per heavy atom. The Balaban J connectivity index is 2.02. The minimum atomic E-state index is 0.570. The predicted molar refractivity (Wildman–Crippen MR) is 65.0 cm³/mol. The first-order valence-corrected chi connectivity index (χ1v) is 5.80. The molecule has 0 amide bonds. The molecule has 2 rings (SSSR count). The Morgan fingerprint density at radius 2 is 2.31 bits per heavy atom. The fourth-order valence-electron chi connectivity index (χ4n) is 1.30. The predicted octanol–water partition coefficient (Wildman–Crippen LogP) is 2.47. The molecular weight excluding hydrogens is 222 g/mol. The van der Waals surface area contributed by atoms with E-state index in [4.69, 9.17) is 4.74 Å². The van der Waals surface area contributed by atoms with Crippen LogP contribution in [-0.4, -0.2) is 17.1 Å². The lowest BCUT2D eigenvalue weighted by Gasteiger charge is -2.05. The molecule has 16 heavy (non-hydrogen) atoms. The van der Waals surface area contributed by atoms with Gasteiger partial charge in [-0.2, -0.15) is 0 Å². The third-order valence-electron chi connectivity index (χ3n) is 2.25. The van der Waals surface area contributed by atoms with Crippen LogP contribution in [0.25, 0.3) is 0 Å². The topological polar surface area (TPSA) is 47.0 Å². The molecule has 0 fully saturated rings. The van der Waals surface area contributed by atoms with Crippen LogP contribution in [0.2, 0.25) is 0 Å². The number of nitrogens with zero attached hydrogens (tertiary/aromatic N) is 2. The molecule has 0 aliphatic heterocycles. The second-order valence-electron chi connectivity index (χ2n) is 3.33. The summed E-state index contributed by atoms with van der Waals surface area (Å²) in [6.45, 7) is 2.89. The summed E-state index contributed by atoms with van der Waals surface area (Å²) >= 11 is 1.74. The van der Waals surface area contributed by atoms with E-state index < -0.39 is 0 Å². The molecule has 0 aromatic carbocycles. The first-order valence-electron chi connectivity index (χ1n) is 4.92. The molecule has 0 spiro atoms. The highest BCUT2D eigenvalue weighted by Crippen LogP contribution is 2.17. The van der Waals surface area contributed by atoms with Gasteiger partial charge in [-0.1, -0.05) is 0 Å². The lowest BCUT2D eigenvalue weighted by molar-refractivity contribution is 0.397. The lowest BCUT2D eigenvalue weighted by Crippen LogP contribution is -2.01. The third-order valence-corrected chi connectivity index (χ3v) is 3.27. The van der Waals surface area contributed by atoms with Crippen LogP contribution in [0.5, 0.6) is 5.88 Å². The van der Waals surface area contributed by atoms with Gasteiger partial charge >= 0.3 is 0 Å². The zero-order valence-electron chi connectivity index (χ0n) is 9.23. The Hall–Kier alpha value is -1.62. The van der Waals surface area contributed by atoms with Crippen LogP contribution in [-0.2, 0) is 6.54 Å². The van der Waals surface area contributed by atoms with Gasteiger partial charge in [-0.15, -0.1) is 11.3 Å². The molecule has 0 aliphatic rings. The second-order valence-corrected chi connectivity index (χ2v) is 4.33. The number of aryl methyl sites for hydroxylation is 1. The van der Waals surface area contributed by atoms with E-state index in [1.807, 2.05) is 0 Å². The van der Waals surface area contributed by atoms with Crippen molar-refractivity contribution in [1.29, 1.82) is 0 Å². The van der Waals surface area contributed by atoms with E-state index in [2.05, 4.69) is 33.7 Å². The van der Waals surface area contributed by atoms with Crippen molar-refractivity contribution in [3.05, 3.63) is 34.3 Å². The highest BCUT2D eigenvalue weighted by Gasteiger charge is 2.01. The van der Waals surface area contributed by atoms with Gasteiger partial charge in [-0.3, -0.25) is 0 Å². The summed E-state index contributed by atoms with van der Waals surface area (Å²) in [4.78, 5) is 9.39. The molecule has 84 valence electrons. The quantitative estimate of drug-likeness (QED) is 0.884. The zero-order chi connectivity index (χ0) is 11.4. The summed E-state index contributed by atoms with van der Waals surface area (Å²) in [6, 6.07) is 3.89. The fraction of sp³-hybridized carbons (Fsp3) is 0.273. The van der Waals surface area contributed by atoms with Gasteiger partial charge in [-0.05, 0) is 23.9 Å². The Morgan fingerprint density at radius 1 is 1.44 bits per heavy atom. The molecule has 0 atom stereocenters. The molecule has 2 heterocycles. The van der Waals surface area contributed by atoms with Gasteiger partial charge in [-0.25, -0.2) is 9.97 Å². The fourth-order valence-corrected chi connectivity index (χ4v) is 2.15. The standard InChI is InChI=1S/C11H13N3OS/c1-8-3-4-16-9(8)6-12-10-5-11(15-2)14-7-13-10/h3-5,7H,6H2,1-2H3,(H,12,13,14). The van der Waals surface area contributed by atoms with Crippen molar-refractivity contribution in [3.8, 4) is 5.88 Å². The van der Waals surface area contributed by atoms with Crippen molar-refractivity contribution in [2.45, 2.75) is 13.5 Å². The molecule has 0 unspecified atom stereocenters. The molecule has 0 saturated carbocycles. The van der Waals surface area contributed by atoms with Gasteiger partial charge in [0.2, 0.25) is 5.88 Å². The van der Waals surface area contributed by atoms with E-state index >= 15 is 0 Å². The van der Waals surface area contributed by atoms with Crippen molar-refractivity contribution < 1.29 is 4.74 Å². The maximum atomic E-state index is 5.03. The van der Waals surface area contributed by atoms with Gasteiger partial charge < -0.3 is 10.1 Å². The number of aromatic nitrogens is 2. The van der Waals surface area contributed by atoms with E-state index in [-0.39, 0.29) is 0 Å². The highest BCUT2D eigenvalue weighted by molar-refractivity contribution is 7.10. The SMILES string of the molecule is COc1cc(NCc2sccc2C)ncn1. The number of ether oxygens (including phenoxy) is 1. The smallest absolute Gasteiger partial charge is 0.218 e. The van der Waals surface area contributed by atoms with Gasteiger partial charge in [0.1, 0.15) is 12.1 Å². The van der Waals surface area contributed by atoms with E-state index in [1.165, 1.54) is 16.8 Å². The van der Waals surface area contributed by atoms with Crippen LogP contribution in [0.15, 0.2) is 23.8 Å². The maximum absolute atomic E-state index is 5.03. The Labute approximate surface area is 98.3 Å². The van der Waals surface area contributed by atoms with Crippen LogP contribution in [0.1, 0.15) is 10.4 Å². The first-order chi connectivity index (χ1) is 7.79. The monoisotopic (exact) mass is 235 g/mol. The molecule has 2 aromatic heterocycles. The van der Waals surface area contributed by atoms with Gasteiger partial charge in [0.15, 0.2) is 0 Å². The number of rotatable bonds is 4. The maximum Gasteiger partial charge on any atom is 0.218 e. The molecule has 0 aliphatic carbocycles. The van der Waals surface area contributed by atoms with Crippen molar-refractivity contribution in [2.75, 3.05) is 12.4 Å². The van der Waals surface area contributed by atoms with Crippen molar-refractivity contribution in [3.63, 3.8) is 0 Å². The number of methoxy groups -OCH3 is 1. The van der Waals surface area contributed by atoms with Crippen LogP contribution < -0.4 is 10.1 Å². The first kappa shape index (κ1) is 10.9. The van der Waals surface area contributed by atoms with Gasteiger partial charge in [0.25, 0.3) is 0 Å². The van der Waals surface area contributed by atoms with Crippen molar-refractivity contribution in [2.24, 2.45) is 0 Å². The van der Waals surface area contributed by atoms with Gasteiger partial charge in [0, 0.05) is 10.9 Å². The second kappa shape index (κ2) is 4.94. The average molecular weight is 235 g/mol. The van der Waals surface area contributed by atoms with E-state index in [1.54, 1.807) is 24.5 Å². The summed E-state index contributed by atoms with van der Waals surface area (Å²) in [5.41, 5.74) is 1.30. The van der Waals surface area contributed by atoms with E-state index in [0.29, 0.717) is 5.88 Å². The van der Waals surface area contributed by atoms with E-state index in [9.17, 15) is 0 Å². The van der Waals surface area contributed by atoms with Crippen LogP contribution in [0.3, 0.4) is 0 Å². The molecule has 0 bridgehead atoms. The number of nitrogens with one attached hydrogen (secondary N) is 1. The number of anilines is 1. The minimum Gasteiger partial charge on any atom is -0.481 e. The molecule has 0 radical (unpaired) electrons. The summed E-state index contributed by atoms with van der Waals surface area (Å²) in [7, 11) is 1.59. The highest BCUT2D eigenvalue weighted by atomic mass is 32.1. The minimum absolute atomic E-state index is 0.570. The average Bonchev–Trinajstić information content (AvgIpc) is 2.72. The molecule has 1 N–H and O–H groups in total. The largest absolute Gasteiger partial charge is 0.481 e. The van der Waals surface area contributed by atoms with Crippen molar-refractivity contribution >= 4 is 17.2 Å². The zero-order valence-corrected chi connectivity index (χ0v) is 10.0. The van der Waals surface area contributed by atoms with Gasteiger partial charge in [0.05, 0.1) is 13.7 Å². The van der Waals surface area contributed by atoms with Crippen LogP contribution in [0, 0.1) is 6.92 Å². The molecule has 2 aromatic rings. The number of hydrogen-bond donors (Lipinski definition) is 1. The normalized spacial score (nSPS) is 10.1. The molecule has 5 heteroatoms. The Bertz CT molecular complexity index is 470. The van der Waals surface area contributed by atoms with Crippen LogP contribution >= 0.6 is 11.3 Å². The third kappa shape index (κ3) is 2.49. The molecule has 4 nitrogen and oxygen atoms in total. The van der Waals surface area contributed by atoms with Crippen LogP contribution in [0.4, 0.5) is 5.82 Å². The summed E-state index contributed by atoms with van der Waals surface area (Å²) in [5.74, 6) is 1.35. The summed E-state index contributed by atoms with van der Waals surface area (Å²) < 4.78 is 5.03. The molecule has 0 saturated heterocycles. The Kier molecular flexibility index (Phi) is 3.36. The van der Waals surface area contributed by atoms with E-state index in [0.717, 1.165) is 12.4 Å². The lowest BCUT2D eigenvalue weighted by atomic mass is 10.3. The summed E-state index contributed by atoms with van der Waals surface area (Å²) in [5, 5.41) is 5.33.